The number of hydrogen-bond donors (Lipinski definition) is 0. The fourth-order valence-corrected chi connectivity index (χ4v) is 3.90. The van der Waals surface area contributed by atoms with E-state index in [0.29, 0.717) is 48.8 Å². The summed E-state index contributed by atoms with van der Waals surface area (Å²) >= 11 is 2.18. The second-order valence-corrected chi connectivity index (χ2v) is 7.65. The Morgan fingerprint density at radius 1 is 0.857 bits per heavy atom. The molecule has 0 unspecified atom stereocenters. The van der Waals surface area contributed by atoms with Crippen molar-refractivity contribution in [3.8, 4) is 11.5 Å². The minimum Gasteiger partial charge on any atom is -0.493 e. The van der Waals surface area contributed by atoms with Crippen LogP contribution in [0.5, 0.6) is 11.5 Å². The third-order valence-electron chi connectivity index (χ3n) is 4.81. The molecular weight excluding hydrogens is 471 g/mol. The average molecular weight is 494 g/mol. The van der Waals surface area contributed by atoms with Gasteiger partial charge >= 0.3 is 0 Å². The first-order valence-electron chi connectivity index (χ1n) is 9.10. The highest BCUT2D eigenvalue weighted by atomic mass is 127. The molecule has 1 aliphatic heterocycles. The molecule has 2 aromatic carbocycles. The predicted molar refractivity (Wildman–Crippen MR) is 115 cm³/mol. The molecule has 2 amide bonds. The van der Waals surface area contributed by atoms with E-state index in [1.54, 1.807) is 37.3 Å². The molecule has 0 atom stereocenters. The van der Waals surface area contributed by atoms with E-state index < -0.39 is 0 Å². The summed E-state index contributed by atoms with van der Waals surface area (Å²) in [5.74, 6) is 1.07. The van der Waals surface area contributed by atoms with Gasteiger partial charge in [0.25, 0.3) is 11.8 Å². The van der Waals surface area contributed by atoms with Crippen LogP contribution in [-0.2, 0) is 0 Å². The van der Waals surface area contributed by atoms with Crippen LogP contribution in [0, 0.1) is 3.57 Å². The Bertz CT molecular complexity index is 871. The second kappa shape index (κ2) is 9.27. The highest BCUT2D eigenvalue weighted by Gasteiger charge is 2.25. The summed E-state index contributed by atoms with van der Waals surface area (Å²) in [6.45, 7) is 2.27. The van der Waals surface area contributed by atoms with Gasteiger partial charge in [-0.2, -0.15) is 0 Å². The van der Waals surface area contributed by atoms with Gasteiger partial charge in [0, 0.05) is 35.3 Å². The van der Waals surface area contributed by atoms with Crippen LogP contribution in [0.25, 0.3) is 0 Å². The second-order valence-electron chi connectivity index (χ2n) is 6.49. The number of rotatable bonds is 4. The average Bonchev–Trinajstić information content (AvgIpc) is 2.99. The fraction of sp³-hybridized carbons (Fsp3) is 0.333. The smallest absolute Gasteiger partial charge is 0.254 e. The van der Waals surface area contributed by atoms with Crippen molar-refractivity contribution in [1.82, 2.24) is 9.80 Å². The standard InChI is InChI=1S/C21H23IN2O4/c1-27-18-9-8-15(14-19(18)28-2)20(25)23-10-5-11-24(13-12-23)21(26)16-6-3-4-7-17(16)22/h3-4,6-9,14H,5,10-13H2,1-2H3. The summed E-state index contributed by atoms with van der Waals surface area (Å²) in [4.78, 5) is 29.4. The van der Waals surface area contributed by atoms with Crippen LogP contribution in [0.3, 0.4) is 0 Å². The van der Waals surface area contributed by atoms with Crippen molar-refractivity contribution in [2.24, 2.45) is 0 Å². The topological polar surface area (TPSA) is 59.1 Å². The maximum Gasteiger partial charge on any atom is 0.254 e. The number of carbonyl (C=O) groups is 2. The van der Waals surface area contributed by atoms with Gasteiger partial charge in [0.15, 0.2) is 11.5 Å². The van der Waals surface area contributed by atoms with Crippen molar-refractivity contribution < 1.29 is 19.1 Å². The Labute approximate surface area is 178 Å². The zero-order chi connectivity index (χ0) is 20.1. The highest BCUT2D eigenvalue weighted by Crippen LogP contribution is 2.28. The van der Waals surface area contributed by atoms with Gasteiger partial charge in [0.05, 0.1) is 19.8 Å². The summed E-state index contributed by atoms with van der Waals surface area (Å²) in [5, 5.41) is 0. The predicted octanol–water partition coefficient (Wildman–Crippen LogP) is 3.30. The SMILES string of the molecule is COc1ccc(C(=O)N2CCCN(C(=O)c3ccccc3I)CC2)cc1OC. The van der Waals surface area contributed by atoms with Crippen molar-refractivity contribution >= 4 is 34.4 Å². The van der Waals surface area contributed by atoms with Crippen LogP contribution >= 0.6 is 22.6 Å². The van der Waals surface area contributed by atoms with E-state index in [1.165, 1.54) is 0 Å². The van der Waals surface area contributed by atoms with E-state index in [2.05, 4.69) is 22.6 Å². The molecule has 28 heavy (non-hydrogen) atoms. The molecule has 1 fully saturated rings. The van der Waals surface area contributed by atoms with E-state index >= 15 is 0 Å². The summed E-state index contributed by atoms with van der Waals surface area (Å²) < 4.78 is 11.5. The molecule has 1 saturated heterocycles. The van der Waals surface area contributed by atoms with E-state index in [-0.39, 0.29) is 11.8 Å². The summed E-state index contributed by atoms with van der Waals surface area (Å²) in [6.07, 6.45) is 0.744. The van der Waals surface area contributed by atoms with Gasteiger partial charge in [-0.3, -0.25) is 9.59 Å². The molecule has 0 bridgehead atoms. The quantitative estimate of drug-likeness (QED) is 0.613. The molecule has 7 heteroatoms. The van der Waals surface area contributed by atoms with Crippen LogP contribution in [0.1, 0.15) is 27.1 Å². The van der Waals surface area contributed by atoms with E-state index in [9.17, 15) is 9.59 Å². The molecule has 0 saturated carbocycles. The first-order chi connectivity index (χ1) is 13.5. The van der Waals surface area contributed by atoms with Gasteiger partial charge in [-0.15, -0.1) is 0 Å². The lowest BCUT2D eigenvalue weighted by Gasteiger charge is -2.23. The molecule has 0 spiro atoms. The number of methoxy groups -OCH3 is 2. The molecule has 0 aliphatic carbocycles. The number of hydrogen-bond acceptors (Lipinski definition) is 4. The zero-order valence-corrected chi connectivity index (χ0v) is 18.1. The van der Waals surface area contributed by atoms with Crippen LogP contribution in [0.15, 0.2) is 42.5 Å². The van der Waals surface area contributed by atoms with Crippen LogP contribution < -0.4 is 9.47 Å². The van der Waals surface area contributed by atoms with Crippen LogP contribution in [-0.4, -0.2) is 62.0 Å². The van der Waals surface area contributed by atoms with Gasteiger partial charge < -0.3 is 19.3 Å². The number of carbonyl (C=O) groups excluding carboxylic acids is 2. The molecule has 0 N–H and O–H groups in total. The minimum atomic E-state index is -0.0652. The third-order valence-corrected chi connectivity index (χ3v) is 5.75. The van der Waals surface area contributed by atoms with E-state index in [4.69, 9.17) is 9.47 Å². The number of nitrogens with zero attached hydrogens (tertiary/aromatic N) is 2. The van der Waals surface area contributed by atoms with Crippen molar-refractivity contribution in [2.75, 3.05) is 40.4 Å². The van der Waals surface area contributed by atoms with Gasteiger partial charge in [0.2, 0.25) is 0 Å². The Morgan fingerprint density at radius 2 is 1.50 bits per heavy atom. The molecule has 1 heterocycles. The Kier molecular flexibility index (Phi) is 6.77. The molecule has 1 aliphatic rings. The molecule has 2 aromatic rings. The van der Waals surface area contributed by atoms with Gasteiger partial charge in [-0.25, -0.2) is 0 Å². The maximum absolute atomic E-state index is 12.9. The molecular formula is C21H23IN2O4. The first kappa shape index (κ1) is 20.4. The normalized spacial score (nSPS) is 14.4. The Hall–Kier alpha value is -2.29. The number of benzene rings is 2. The first-order valence-corrected chi connectivity index (χ1v) is 10.2. The Morgan fingerprint density at radius 3 is 2.14 bits per heavy atom. The van der Waals surface area contributed by atoms with Gasteiger partial charge in [0.1, 0.15) is 0 Å². The van der Waals surface area contributed by atoms with E-state index in [1.807, 2.05) is 29.2 Å². The molecule has 6 nitrogen and oxygen atoms in total. The van der Waals surface area contributed by atoms with Crippen molar-refractivity contribution in [2.45, 2.75) is 6.42 Å². The van der Waals surface area contributed by atoms with Crippen molar-refractivity contribution in [3.05, 3.63) is 57.2 Å². The van der Waals surface area contributed by atoms with Crippen LogP contribution in [0.4, 0.5) is 0 Å². The number of ether oxygens (including phenoxy) is 2. The number of halogens is 1. The summed E-state index contributed by atoms with van der Waals surface area (Å²) in [5.41, 5.74) is 1.26. The largest absolute Gasteiger partial charge is 0.493 e. The summed E-state index contributed by atoms with van der Waals surface area (Å²) in [6, 6.07) is 12.7. The monoisotopic (exact) mass is 494 g/mol. The van der Waals surface area contributed by atoms with Crippen LogP contribution in [0.2, 0.25) is 0 Å². The lowest BCUT2D eigenvalue weighted by molar-refractivity contribution is 0.0718. The molecule has 0 aromatic heterocycles. The third kappa shape index (κ3) is 4.40. The van der Waals surface area contributed by atoms with Crippen molar-refractivity contribution in [1.29, 1.82) is 0 Å². The van der Waals surface area contributed by atoms with Gasteiger partial charge in [-0.1, -0.05) is 12.1 Å². The lowest BCUT2D eigenvalue weighted by Crippen LogP contribution is -2.37. The molecule has 148 valence electrons. The molecule has 3 rings (SSSR count). The minimum absolute atomic E-state index is 0.0189. The fourth-order valence-electron chi connectivity index (χ4n) is 3.28. The number of amides is 2. The Balaban J connectivity index is 1.70. The zero-order valence-electron chi connectivity index (χ0n) is 16.0. The highest BCUT2D eigenvalue weighted by molar-refractivity contribution is 14.1. The maximum atomic E-state index is 12.9. The summed E-state index contributed by atoms with van der Waals surface area (Å²) in [7, 11) is 3.11. The van der Waals surface area contributed by atoms with Crippen molar-refractivity contribution in [3.63, 3.8) is 0 Å². The van der Waals surface area contributed by atoms with E-state index in [0.717, 1.165) is 9.99 Å². The van der Waals surface area contributed by atoms with Gasteiger partial charge in [-0.05, 0) is 59.3 Å². The molecule has 0 radical (unpaired) electrons. The lowest BCUT2D eigenvalue weighted by atomic mass is 10.1.